The van der Waals surface area contributed by atoms with Crippen molar-refractivity contribution in [3.63, 3.8) is 0 Å². The van der Waals surface area contributed by atoms with E-state index >= 15 is 0 Å². The topological polar surface area (TPSA) is 77.2 Å². The predicted octanol–water partition coefficient (Wildman–Crippen LogP) is 3.49. The van der Waals surface area contributed by atoms with E-state index in [9.17, 15) is 13.2 Å². The van der Waals surface area contributed by atoms with Gasteiger partial charge in [-0.2, -0.15) is 0 Å². The van der Waals surface area contributed by atoms with Crippen LogP contribution < -0.4 is 5.73 Å². The molecule has 2 N–H and O–H groups in total. The standard InChI is InChI=1S/C12H9Br2NO3S2/c1-20(17,18)8-3-6(2-7(15)4-8)11(16)10-5-9(13)12(14)19-10/h2-5H,15H2,1H3. The van der Waals surface area contributed by atoms with Crippen molar-refractivity contribution in [2.75, 3.05) is 12.0 Å². The van der Waals surface area contributed by atoms with E-state index < -0.39 is 9.84 Å². The fourth-order valence-corrected chi connectivity index (χ4v) is 4.26. The Labute approximate surface area is 137 Å². The van der Waals surface area contributed by atoms with Gasteiger partial charge in [0.25, 0.3) is 0 Å². The normalized spacial score (nSPS) is 11.6. The maximum absolute atomic E-state index is 12.4. The SMILES string of the molecule is CS(=O)(=O)c1cc(N)cc(C(=O)c2cc(Br)c(Br)s2)c1. The van der Waals surface area contributed by atoms with Gasteiger partial charge in [0, 0.05) is 22.0 Å². The average Bonchev–Trinajstić information content (AvgIpc) is 2.67. The fourth-order valence-electron chi connectivity index (χ4n) is 1.57. The van der Waals surface area contributed by atoms with E-state index in [0.29, 0.717) is 4.88 Å². The lowest BCUT2D eigenvalue weighted by Gasteiger charge is -2.04. The molecule has 0 aliphatic heterocycles. The molecule has 0 aliphatic rings. The number of rotatable bonds is 3. The molecule has 0 spiro atoms. The summed E-state index contributed by atoms with van der Waals surface area (Å²) in [5.74, 6) is -0.265. The highest BCUT2D eigenvalue weighted by molar-refractivity contribution is 9.13. The van der Waals surface area contributed by atoms with Crippen LogP contribution in [0.3, 0.4) is 0 Å². The third-order valence-corrected chi connectivity index (χ3v) is 6.84. The van der Waals surface area contributed by atoms with Crippen LogP contribution in [0.25, 0.3) is 0 Å². The molecule has 106 valence electrons. The van der Waals surface area contributed by atoms with Gasteiger partial charge in [-0.25, -0.2) is 8.42 Å². The van der Waals surface area contributed by atoms with Crippen molar-refractivity contribution in [2.24, 2.45) is 0 Å². The molecule has 0 unspecified atom stereocenters. The molecule has 1 aromatic carbocycles. The summed E-state index contributed by atoms with van der Waals surface area (Å²) in [7, 11) is -3.41. The number of halogens is 2. The van der Waals surface area contributed by atoms with Gasteiger partial charge in [-0.05, 0) is 56.1 Å². The Morgan fingerprint density at radius 1 is 1.20 bits per heavy atom. The molecule has 0 fully saturated rings. The molecule has 0 saturated heterocycles. The van der Waals surface area contributed by atoms with Gasteiger partial charge in [0.15, 0.2) is 9.84 Å². The Hall–Kier alpha value is -0.700. The van der Waals surface area contributed by atoms with Crippen LogP contribution in [0.1, 0.15) is 15.2 Å². The summed E-state index contributed by atoms with van der Waals surface area (Å²) < 4.78 is 24.7. The van der Waals surface area contributed by atoms with Gasteiger partial charge in [-0.1, -0.05) is 0 Å². The number of ketones is 1. The van der Waals surface area contributed by atoms with Crippen LogP contribution in [-0.4, -0.2) is 20.5 Å². The van der Waals surface area contributed by atoms with Crippen LogP contribution in [0.15, 0.2) is 37.4 Å². The second-order valence-electron chi connectivity index (χ2n) is 4.12. The largest absolute Gasteiger partial charge is 0.399 e. The maximum Gasteiger partial charge on any atom is 0.203 e. The monoisotopic (exact) mass is 437 g/mol. The Morgan fingerprint density at radius 2 is 1.85 bits per heavy atom. The first-order valence-corrected chi connectivity index (χ1v) is 9.58. The van der Waals surface area contributed by atoms with Gasteiger partial charge < -0.3 is 5.73 Å². The van der Waals surface area contributed by atoms with E-state index in [-0.39, 0.29) is 21.9 Å². The lowest BCUT2D eigenvalue weighted by molar-refractivity contribution is 0.104. The van der Waals surface area contributed by atoms with Crippen molar-refractivity contribution in [1.29, 1.82) is 0 Å². The number of anilines is 1. The zero-order valence-electron chi connectivity index (χ0n) is 10.2. The van der Waals surface area contributed by atoms with Crippen LogP contribution in [0, 0.1) is 0 Å². The van der Waals surface area contributed by atoms with Crippen molar-refractivity contribution in [3.8, 4) is 0 Å². The minimum atomic E-state index is -3.41. The number of hydrogen-bond donors (Lipinski definition) is 1. The number of sulfone groups is 1. The smallest absolute Gasteiger partial charge is 0.203 e. The highest BCUT2D eigenvalue weighted by atomic mass is 79.9. The molecule has 0 aliphatic carbocycles. The Kier molecular flexibility index (Phi) is 4.38. The van der Waals surface area contributed by atoms with Crippen LogP contribution in [0.2, 0.25) is 0 Å². The summed E-state index contributed by atoms with van der Waals surface area (Å²) >= 11 is 7.89. The Bertz CT molecular complexity index is 778. The van der Waals surface area contributed by atoms with Gasteiger partial charge in [-0.3, -0.25) is 4.79 Å². The summed E-state index contributed by atoms with van der Waals surface area (Å²) in [5, 5.41) is 0. The first kappa shape index (κ1) is 15.7. The summed E-state index contributed by atoms with van der Waals surface area (Å²) in [6.07, 6.45) is 1.08. The molecule has 0 atom stereocenters. The van der Waals surface area contributed by atoms with Crippen molar-refractivity contribution in [3.05, 3.63) is 43.0 Å². The van der Waals surface area contributed by atoms with Gasteiger partial charge in [0.2, 0.25) is 5.78 Å². The van der Waals surface area contributed by atoms with Crippen molar-refractivity contribution in [1.82, 2.24) is 0 Å². The van der Waals surface area contributed by atoms with E-state index in [4.69, 9.17) is 5.73 Å². The molecule has 8 heteroatoms. The number of thiophene rings is 1. The van der Waals surface area contributed by atoms with Crippen LogP contribution in [0.4, 0.5) is 5.69 Å². The molecule has 0 bridgehead atoms. The van der Waals surface area contributed by atoms with E-state index in [0.717, 1.165) is 14.5 Å². The average molecular weight is 439 g/mol. The lowest BCUT2D eigenvalue weighted by atomic mass is 10.1. The van der Waals surface area contributed by atoms with Gasteiger partial charge in [0.1, 0.15) is 0 Å². The lowest BCUT2D eigenvalue weighted by Crippen LogP contribution is -2.05. The molecule has 0 amide bonds. The van der Waals surface area contributed by atoms with Crippen LogP contribution in [0.5, 0.6) is 0 Å². The number of benzene rings is 1. The van der Waals surface area contributed by atoms with Gasteiger partial charge in [-0.15, -0.1) is 11.3 Å². The Morgan fingerprint density at radius 3 is 2.35 bits per heavy atom. The second-order valence-corrected chi connectivity index (χ2v) is 9.36. The number of nitrogens with two attached hydrogens (primary N) is 1. The Balaban J connectivity index is 2.53. The molecule has 2 aromatic rings. The first-order valence-electron chi connectivity index (χ1n) is 5.28. The highest BCUT2D eigenvalue weighted by Gasteiger charge is 2.17. The summed E-state index contributed by atoms with van der Waals surface area (Å²) in [5.41, 5.74) is 6.17. The van der Waals surface area contributed by atoms with Gasteiger partial charge >= 0.3 is 0 Å². The maximum atomic E-state index is 12.4. The molecule has 1 aromatic heterocycles. The van der Waals surface area contributed by atoms with Gasteiger partial charge in [0.05, 0.1) is 13.6 Å². The molecule has 4 nitrogen and oxygen atoms in total. The predicted molar refractivity (Wildman–Crippen MR) is 87.1 cm³/mol. The zero-order chi connectivity index (χ0) is 15.1. The molecule has 1 heterocycles. The minimum Gasteiger partial charge on any atom is -0.399 e. The van der Waals surface area contributed by atoms with Crippen molar-refractivity contribution in [2.45, 2.75) is 4.90 Å². The third-order valence-electron chi connectivity index (χ3n) is 2.49. The third kappa shape index (κ3) is 3.30. The van der Waals surface area contributed by atoms with Crippen LogP contribution in [-0.2, 0) is 9.84 Å². The van der Waals surface area contributed by atoms with E-state index in [1.165, 1.54) is 29.5 Å². The first-order chi connectivity index (χ1) is 9.18. The van der Waals surface area contributed by atoms with E-state index in [1.807, 2.05) is 0 Å². The van der Waals surface area contributed by atoms with Crippen molar-refractivity contribution >= 4 is 64.5 Å². The number of nitrogen functional groups attached to an aromatic ring is 1. The summed E-state index contributed by atoms with van der Waals surface area (Å²) in [4.78, 5) is 12.9. The highest BCUT2D eigenvalue weighted by Crippen LogP contribution is 2.34. The minimum absolute atomic E-state index is 0.0375. The molecule has 0 radical (unpaired) electrons. The summed E-state index contributed by atoms with van der Waals surface area (Å²) in [6, 6.07) is 5.83. The molecular formula is C12H9Br2NO3S2. The number of hydrogen-bond acceptors (Lipinski definition) is 5. The zero-order valence-corrected chi connectivity index (χ0v) is 15.0. The quantitative estimate of drug-likeness (QED) is 0.587. The van der Waals surface area contributed by atoms with E-state index in [2.05, 4.69) is 31.9 Å². The summed E-state index contributed by atoms with van der Waals surface area (Å²) in [6.45, 7) is 0. The fraction of sp³-hybridized carbons (Fsp3) is 0.0833. The van der Waals surface area contributed by atoms with Crippen molar-refractivity contribution < 1.29 is 13.2 Å². The molecular weight excluding hydrogens is 430 g/mol. The van der Waals surface area contributed by atoms with E-state index in [1.54, 1.807) is 6.07 Å². The number of carbonyl (C=O) groups is 1. The molecule has 0 saturated carbocycles. The van der Waals surface area contributed by atoms with Crippen LogP contribution >= 0.6 is 43.2 Å². The number of carbonyl (C=O) groups excluding carboxylic acids is 1. The molecule has 20 heavy (non-hydrogen) atoms. The second kappa shape index (κ2) is 5.59. The molecule has 2 rings (SSSR count).